The Morgan fingerprint density at radius 2 is 1.54 bits per heavy atom. The van der Waals surface area contributed by atoms with Gasteiger partial charge in [-0.05, 0) is 37.6 Å². The zero-order valence-corrected chi connectivity index (χ0v) is 15.0. The summed E-state index contributed by atoms with van der Waals surface area (Å²) in [5, 5.41) is 3.56. The van der Waals surface area contributed by atoms with Crippen molar-refractivity contribution in [3.63, 3.8) is 0 Å². The maximum atomic E-state index is 13.2. The van der Waals surface area contributed by atoms with E-state index >= 15 is 0 Å². The van der Waals surface area contributed by atoms with E-state index in [0.717, 1.165) is 22.4 Å². The van der Waals surface area contributed by atoms with E-state index in [4.69, 9.17) is 0 Å². The highest BCUT2D eigenvalue weighted by molar-refractivity contribution is 5.99. The second-order valence-electron chi connectivity index (χ2n) is 6.80. The fourth-order valence-corrected chi connectivity index (χ4v) is 3.58. The quantitative estimate of drug-likeness (QED) is 0.696. The summed E-state index contributed by atoms with van der Waals surface area (Å²) in [5.41, 5.74) is 5.16. The van der Waals surface area contributed by atoms with E-state index in [-0.39, 0.29) is 18.1 Å². The molecule has 0 spiro atoms. The molecule has 3 aromatic rings. The summed E-state index contributed by atoms with van der Waals surface area (Å²) in [6, 6.07) is 26.3. The van der Waals surface area contributed by atoms with Crippen LogP contribution in [0.1, 0.15) is 46.2 Å². The average Bonchev–Trinajstić information content (AvgIpc) is 2.96. The Balaban J connectivity index is 1.73. The molecule has 3 heteroatoms. The van der Waals surface area contributed by atoms with Crippen LogP contribution >= 0.6 is 0 Å². The normalized spacial score (nSPS) is 17.1. The van der Waals surface area contributed by atoms with Crippen LogP contribution in [-0.2, 0) is 0 Å². The van der Waals surface area contributed by atoms with E-state index in [2.05, 4.69) is 55.6 Å². The third-order valence-electron chi connectivity index (χ3n) is 5.05. The van der Waals surface area contributed by atoms with Crippen LogP contribution in [0.3, 0.4) is 0 Å². The molecule has 130 valence electrons. The number of anilines is 1. The molecule has 0 unspecified atom stereocenters. The van der Waals surface area contributed by atoms with Gasteiger partial charge in [-0.25, -0.2) is 0 Å². The van der Waals surface area contributed by atoms with Gasteiger partial charge in [-0.15, -0.1) is 0 Å². The molecule has 26 heavy (non-hydrogen) atoms. The number of fused-ring (bicyclic) bond motifs is 1. The van der Waals surface area contributed by atoms with E-state index in [1.807, 2.05) is 47.4 Å². The Bertz CT molecular complexity index is 918. The summed E-state index contributed by atoms with van der Waals surface area (Å²) in [5.74, 6) is 0.0709. The summed E-state index contributed by atoms with van der Waals surface area (Å²) < 4.78 is 0. The maximum absolute atomic E-state index is 13.2. The number of carbonyl (C=O) groups excluding carboxylic acids is 1. The fraction of sp³-hybridized carbons (Fsp3) is 0.174. The molecule has 0 saturated carbocycles. The van der Waals surface area contributed by atoms with Crippen molar-refractivity contribution in [3.05, 3.63) is 101 Å². The van der Waals surface area contributed by atoms with Crippen molar-refractivity contribution in [2.75, 3.05) is 5.32 Å². The molecule has 0 radical (unpaired) electrons. The van der Waals surface area contributed by atoms with Crippen LogP contribution in [0.2, 0.25) is 0 Å². The van der Waals surface area contributed by atoms with Gasteiger partial charge in [0.2, 0.25) is 0 Å². The molecule has 0 fully saturated rings. The van der Waals surface area contributed by atoms with Gasteiger partial charge in [0.15, 0.2) is 0 Å². The molecule has 4 rings (SSSR count). The fourth-order valence-electron chi connectivity index (χ4n) is 3.58. The molecule has 1 amide bonds. The van der Waals surface area contributed by atoms with Crippen molar-refractivity contribution in [3.8, 4) is 0 Å². The standard InChI is InChI=1S/C23H22N2O/c1-16-12-14-19(15-13-16)24-22-20-10-6-7-11-21(20)23(26)25(22)17(2)18-8-4-3-5-9-18/h3-15,17,22,24H,1-2H3/t17-,22-/m1/s1. The third-order valence-corrected chi connectivity index (χ3v) is 5.05. The predicted molar refractivity (Wildman–Crippen MR) is 105 cm³/mol. The SMILES string of the molecule is Cc1ccc(N[C@H]2c3ccccc3C(=O)N2[C@H](C)c2ccccc2)cc1. The van der Waals surface area contributed by atoms with Crippen LogP contribution in [0.4, 0.5) is 5.69 Å². The van der Waals surface area contributed by atoms with Crippen LogP contribution in [0.5, 0.6) is 0 Å². The number of hydrogen-bond acceptors (Lipinski definition) is 2. The van der Waals surface area contributed by atoms with E-state index in [9.17, 15) is 4.79 Å². The minimum atomic E-state index is -0.184. The van der Waals surface area contributed by atoms with Crippen LogP contribution in [0.25, 0.3) is 0 Å². The van der Waals surface area contributed by atoms with Gasteiger partial charge < -0.3 is 10.2 Å². The molecule has 0 saturated heterocycles. The summed E-state index contributed by atoms with van der Waals surface area (Å²) in [6.07, 6.45) is -0.184. The number of carbonyl (C=O) groups is 1. The zero-order chi connectivity index (χ0) is 18.1. The Hall–Kier alpha value is -3.07. The van der Waals surface area contributed by atoms with E-state index in [1.165, 1.54) is 5.56 Å². The Labute approximate surface area is 154 Å². The number of aryl methyl sites for hydroxylation is 1. The highest BCUT2D eigenvalue weighted by Gasteiger charge is 2.39. The Kier molecular flexibility index (Phi) is 4.21. The highest BCUT2D eigenvalue weighted by atomic mass is 16.2. The number of hydrogen-bond donors (Lipinski definition) is 1. The molecule has 2 atom stereocenters. The van der Waals surface area contributed by atoms with Crippen molar-refractivity contribution in [1.29, 1.82) is 0 Å². The van der Waals surface area contributed by atoms with E-state index < -0.39 is 0 Å². The van der Waals surface area contributed by atoms with Gasteiger partial charge in [0, 0.05) is 16.8 Å². The van der Waals surface area contributed by atoms with Gasteiger partial charge >= 0.3 is 0 Å². The van der Waals surface area contributed by atoms with Crippen LogP contribution in [0.15, 0.2) is 78.9 Å². The molecule has 3 nitrogen and oxygen atoms in total. The molecule has 1 N–H and O–H groups in total. The van der Waals surface area contributed by atoms with Crippen molar-refractivity contribution < 1.29 is 4.79 Å². The average molecular weight is 342 g/mol. The molecule has 0 aromatic heterocycles. The van der Waals surface area contributed by atoms with Crippen LogP contribution in [0, 0.1) is 6.92 Å². The zero-order valence-electron chi connectivity index (χ0n) is 15.0. The van der Waals surface area contributed by atoms with Crippen molar-refractivity contribution in [1.82, 2.24) is 4.90 Å². The monoisotopic (exact) mass is 342 g/mol. The summed E-state index contributed by atoms with van der Waals surface area (Å²) >= 11 is 0. The van der Waals surface area contributed by atoms with E-state index in [1.54, 1.807) is 0 Å². The Morgan fingerprint density at radius 3 is 2.27 bits per heavy atom. The molecule has 1 aliphatic heterocycles. The molecule has 1 aliphatic rings. The first-order valence-electron chi connectivity index (χ1n) is 8.95. The minimum Gasteiger partial charge on any atom is -0.361 e. The number of nitrogens with zero attached hydrogens (tertiary/aromatic N) is 1. The van der Waals surface area contributed by atoms with Gasteiger partial charge in [-0.1, -0.05) is 66.2 Å². The van der Waals surface area contributed by atoms with Gasteiger partial charge in [0.05, 0.1) is 6.04 Å². The number of rotatable bonds is 4. The lowest BCUT2D eigenvalue weighted by atomic mass is 10.1. The van der Waals surface area contributed by atoms with Gasteiger partial charge in [-0.2, -0.15) is 0 Å². The summed E-state index contributed by atoms with van der Waals surface area (Å²) in [7, 11) is 0. The number of amides is 1. The number of benzene rings is 3. The second-order valence-corrected chi connectivity index (χ2v) is 6.80. The van der Waals surface area contributed by atoms with Crippen molar-refractivity contribution >= 4 is 11.6 Å². The lowest BCUT2D eigenvalue weighted by molar-refractivity contribution is 0.0667. The molecular formula is C23H22N2O. The van der Waals surface area contributed by atoms with Gasteiger partial charge in [-0.3, -0.25) is 4.79 Å². The molecule has 1 heterocycles. The molecular weight excluding hydrogens is 320 g/mol. The topological polar surface area (TPSA) is 32.3 Å². The molecule has 0 bridgehead atoms. The second kappa shape index (κ2) is 6.68. The summed E-state index contributed by atoms with van der Waals surface area (Å²) in [4.78, 5) is 15.1. The lowest BCUT2D eigenvalue weighted by Gasteiger charge is -2.32. The van der Waals surface area contributed by atoms with Crippen molar-refractivity contribution in [2.24, 2.45) is 0 Å². The van der Waals surface area contributed by atoms with Crippen LogP contribution < -0.4 is 5.32 Å². The number of nitrogens with one attached hydrogen (secondary N) is 1. The smallest absolute Gasteiger partial charge is 0.256 e. The van der Waals surface area contributed by atoms with Gasteiger partial charge in [0.1, 0.15) is 6.17 Å². The highest BCUT2D eigenvalue weighted by Crippen LogP contribution is 2.40. The van der Waals surface area contributed by atoms with E-state index in [0.29, 0.717) is 0 Å². The Morgan fingerprint density at radius 1 is 0.885 bits per heavy atom. The molecule has 3 aromatic carbocycles. The minimum absolute atomic E-state index is 0.0287. The van der Waals surface area contributed by atoms with Crippen molar-refractivity contribution in [2.45, 2.75) is 26.1 Å². The third kappa shape index (κ3) is 2.86. The first kappa shape index (κ1) is 16.4. The largest absolute Gasteiger partial charge is 0.361 e. The van der Waals surface area contributed by atoms with Crippen LogP contribution in [-0.4, -0.2) is 10.8 Å². The van der Waals surface area contributed by atoms with Gasteiger partial charge in [0.25, 0.3) is 5.91 Å². The first-order valence-corrected chi connectivity index (χ1v) is 8.95. The lowest BCUT2D eigenvalue weighted by Crippen LogP contribution is -2.34. The molecule has 0 aliphatic carbocycles. The predicted octanol–water partition coefficient (Wildman–Crippen LogP) is 5.32. The first-order chi connectivity index (χ1) is 12.6. The summed E-state index contributed by atoms with van der Waals surface area (Å²) in [6.45, 7) is 4.16. The maximum Gasteiger partial charge on any atom is 0.256 e.